The maximum atomic E-state index is 3.61. The van der Waals surface area contributed by atoms with Crippen LogP contribution in [0.5, 0.6) is 0 Å². The van der Waals surface area contributed by atoms with Crippen molar-refractivity contribution in [2.24, 2.45) is 0 Å². The lowest BCUT2D eigenvalue weighted by molar-refractivity contribution is 1.37. The van der Waals surface area contributed by atoms with Gasteiger partial charge in [0, 0.05) is 5.69 Å². The molecule has 1 aromatic carbocycles. The topological polar surface area (TPSA) is 12.0 Å². The van der Waals surface area contributed by atoms with Gasteiger partial charge in [0.2, 0.25) is 0 Å². The number of aryl methyl sites for hydroxylation is 2. The Balaban J connectivity index is -0.000000121. The summed E-state index contributed by atoms with van der Waals surface area (Å²) in [5.74, 6) is 0. The molecule has 114 valence electrons. The van der Waals surface area contributed by atoms with Gasteiger partial charge < -0.3 is 5.32 Å². The fourth-order valence-electron chi connectivity index (χ4n) is 1.09. The molecule has 0 bridgehead atoms. The normalized spacial score (nSPS) is 6.63. The maximum absolute atomic E-state index is 3.61. The molecular weight excluding hydrogens is 230 g/mol. The molecule has 0 atom stereocenters. The van der Waals surface area contributed by atoms with Crippen LogP contribution in [0.4, 0.5) is 5.69 Å². The van der Waals surface area contributed by atoms with E-state index in [4.69, 9.17) is 0 Å². The third kappa shape index (κ3) is 16.8. The SMILES string of the molecule is C=CNc1ccc(C)cc1C.CC.CC.CC.CC. The standard InChI is InChI=1S/C10H13N.4C2H6/c1-4-11-10-6-5-8(2)7-9(10)3;4*1-2/h4-7,11H,1H2,2-3H3;4*1-2H3. The Kier molecular flexibility index (Phi) is 35.5. The molecule has 0 unspecified atom stereocenters. The predicted molar refractivity (Wildman–Crippen MR) is 95.1 cm³/mol. The van der Waals surface area contributed by atoms with E-state index < -0.39 is 0 Å². The highest BCUT2D eigenvalue weighted by Crippen LogP contribution is 2.15. The number of hydrogen-bond acceptors (Lipinski definition) is 1. The lowest BCUT2D eigenvalue weighted by Gasteiger charge is -2.04. The zero-order valence-electron chi connectivity index (χ0n) is 15.0. The summed E-state index contributed by atoms with van der Waals surface area (Å²) in [6.45, 7) is 23.8. The zero-order valence-corrected chi connectivity index (χ0v) is 15.0. The Hall–Kier alpha value is -1.24. The summed E-state index contributed by atoms with van der Waals surface area (Å²) in [6, 6.07) is 6.29. The molecular formula is C18H37N. The van der Waals surface area contributed by atoms with E-state index in [0.717, 1.165) is 5.69 Å². The van der Waals surface area contributed by atoms with E-state index >= 15 is 0 Å². The van der Waals surface area contributed by atoms with E-state index in [1.165, 1.54) is 11.1 Å². The van der Waals surface area contributed by atoms with Crippen LogP contribution in [-0.4, -0.2) is 0 Å². The van der Waals surface area contributed by atoms with Crippen molar-refractivity contribution in [1.82, 2.24) is 0 Å². The van der Waals surface area contributed by atoms with Crippen LogP contribution < -0.4 is 5.32 Å². The van der Waals surface area contributed by atoms with Crippen LogP contribution in [-0.2, 0) is 0 Å². The lowest BCUT2D eigenvalue weighted by atomic mass is 10.1. The molecule has 0 aromatic heterocycles. The van der Waals surface area contributed by atoms with Crippen LogP contribution in [0.1, 0.15) is 66.5 Å². The second-order valence-electron chi connectivity index (χ2n) is 2.67. The van der Waals surface area contributed by atoms with Gasteiger partial charge in [0.1, 0.15) is 0 Å². The fourth-order valence-corrected chi connectivity index (χ4v) is 1.09. The Morgan fingerprint density at radius 3 is 1.58 bits per heavy atom. The Morgan fingerprint density at radius 1 is 0.842 bits per heavy atom. The Bertz CT molecular complexity index is 264. The molecule has 1 rings (SSSR count). The van der Waals surface area contributed by atoms with E-state index in [1.54, 1.807) is 6.20 Å². The van der Waals surface area contributed by atoms with Crippen LogP contribution in [0.3, 0.4) is 0 Å². The summed E-state index contributed by atoms with van der Waals surface area (Å²) in [7, 11) is 0. The van der Waals surface area contributed by atoms with E-state index in [9.17, 15) is 0 Å². The summed E-state index contributed by atoms with van der Waals surface area (Å²) in [4.78, 5) is 0. The van der Waals surface area contributed by atoms with Gasteiger partial charge in [0.15, 0.2) is 0 Å². The molecule has 0 saturated carbocycles. The third-order valence-electron chi connectivity index (χ3n) is 1.64. The van der Waals surface area contributed by atoms with Crippen LogP contribution in [0, 0.1) is 13.8 Å². The smallest absolute Gasteiger partial charge is 0.0409 e. The molecule has 1 nitrogen and oxygen atoms in total. The maximum Gasteiger partial charge on any atom is 0.0409 e. The molecule has 0 aliphatic rings. The van der Waals surface area contributed by atoms with Gasteiger partial charge in [0.05, 0.1) is 0 Å². The van der Waals surface area contributed by atoms with Gasteiger partial charge in [0.25, 0.3) is 0 Å². The van der Waals surface area contributed by atoms with E-state index in [0.29, 0.717) is 0 Å². The molecule has 0 heterocycles. The predicted octanol–water partition coefficient (Wildman–Crippen LogP) is 6.96. The van der Waals surface area contributed by atoms with E-state index in [1.807, 2.05) is 55.4 Å². The van der Waals surface area contributed by atoms with Gasteiger partial charge in [-0.05, 0) is 31.7 Å². The monoisotopic (exact) mass is 267 g/mol. The van der Waals surface area contributed by atoms with E-state index in [2.05, 4.69) is 43.9 Å². The molecule has 1 aromatic rings. The first-order chi connectivity index (χ1) is 9.24. The van der Waals surface area contributed by atoms with Crippen molar-refractivity contribution in [3.8, 4) is 0 Å². The summed E-state index contributed by atoms with van der Waals surface area (Å²) in [5, 5.41) is 3.07. The fraction of sp³-hybridized carbons (Fsp3) is 0.556. The quantitative estimate of drug-likeness (QED) is 0.610. The first-order valence-electron chi connectivity index (χ1n) is 7.68. The van der Waals surface area contributed by atoms with Gasteiger partial charge in [-0.3, -0.25) is 0 Å². The minimum absolute atomic E-state index is 1.13. The lowest BCUT2D eigenvalue weighted by Crippen LogP contribution is -1.89. The number of nitrogens with one attached hydrogen (secondary N) is 1. The minimum Gasteiger partial charge on any atom is -0.362 e. The number of benzene rings is 1. The summed E-state index contributed by atoms with van der Waals surface area (Å²) in [5.41, 5.74) is 3.67. The summed E-state index contributed by atoms with van der Waals surface area (Å²) < 4.78 is 0. The van der Waals surface area contributed by atoms with Crippen molar-refractivity contribution >= 4 is 5.69 Å². The molecule has 1 N–H and O–H groups in total. The highest BCUT2D eigenvalue weighted by molar-refractivity contribution is 5.53. The molecule has 0 spiro atoms. The summed E-state index contributed by atoms with van der Waals surface area (Å²) >= 11 is 0. The second kappa shape index (κ2) is 25.6. The van der Waals surface area contributed by atoms with Crippen molar-refractivity contribution in [3.05, 3.63) is 42.1 Å². The van der Waals surface area contributed by atoms with Crippen molar-refractivity contribution in [1.29, 1.82) is 0 Å². The third-order valence-corrected chi connectivity index (χ3v) is 1.64. The molecule has 0 amide bonds. The Labute approximate surface area is 123 Å². The highest BCUT2D eigenvalue weighted by Gasteiger charge is 1.93. The molecule has 19 heavy (non-hydrogen) atoms. The first-order valence-corrected chi connectivity index (χ1v) is 7.68. The van der Waals surface area contributed by atoms with Gasteiger partial charge in [-0.25, -0.2) is 0 Å². The van der Waals surface area contributed by atoms with Gasteiger partial charge >= 0.3 is 0 Å². The Morgan fingerprint density at radius 2 is 1.26 bits per heavy atom. The molecule has 0 saturated heterocycles. The van der Waals surface area contributed by atoms with Gasteiger partial charge in [-0.1, -0.05) is 79.7 Å². The minimum atomic E-state index is 1.13. The average molecular weight is 268 g/mol. The number of hydrogen-bond donors (Lipinski definition) is 1. The average Bonchev–Trinajstić information content (AvgIpc) is 2.50. The number of rotatable bonds is 2. The second-order valence-corrected chi connectivity index (χ2v) is 2.67. The molecule has 1 heteroatoms. The van der Waals surface area contributed by atoms with Gasteiger partial charge in [-0.15, -0.1) is 0 Å². The largest absolute Gasteiger partial charge is 0.362 e. The van der Waals surface area contributed by atoms with Crippen LogP contribution in [0.2, 0.25) is 0 Å². The highest BCUT2D eigenvalue weighted by atomic mass is 14.8. The molecule has 0 radical (unpaired) electrons. The molecule has 0 fully saturated rings. The van der Waals surface area contributed by atoms with Gasteiger partial charge in [-0.2, -0.15) is 0 Å². The zero-order chi connectivity index (χ0) is 16.3. The summed E-state index contributed by atoms with van der Waals surface area (Å²) in [6.07, 6.45) is 1.69. The molecule has 0 aliphatic heterocycles. The van der Waals surface area contributed by atoms with Crippen molar-refractivity contribution in [3.63, 3.8) is 0 Å². The first kappa shape index (κ1) is 26.3. The van der Waals surface area contributed by atoms with Crippen LogP contribution in [0.15, 0.2) is 31.0 Å². The van der Waals surface area contributed by atoms with Crippen LogP contribution >= 0.6 is 0 Å². The number of anilines is 1. The van der Waals surface area contributed by atoms with E-state index in [-0.39, 0.29) is 0 Å². The van der Waals surface area contributed by atoms with Crippen LogP contribution in [0.25, 0.3) is 0 Å². The molecule has 0 aliphatic carbocycles. The van der Waals surface area contributed by atoms with Crippen molar-refractivity contribution in [2.75, 3.05) is 5.32 Å². The van der Waals surface area contributed by atoms with Crippen molar-refractivity contribution < 1.29 is 0 Å². The van der Waals surface area contributed by atoms with Crippen molar-refractivity contribution in [2.45, 2.75) is 69.2 Å².